The van der Waals surface area contributed by atoms with Crippen molar-refractivity contribution in [1.29, 1.82) is 0 Å². The van der Waals surface area contributed by atoms with Gasteiger partial charge < -0.3 is 19.7 Å². The van der Waals surface area contributed by atoms with Crippen LogP contribution < -0.4 is 19.7 Å². The fourth-order valence-corrected chi connectivity index (χ4v) is 3.17. The Balaban J connectivity index is 1.36. The summed E-state index contributed by atoms with van der Waals surface area (Å²) in [5.41, 5.74) is 0. The van der Waals surface area contributed by atoms with E-state index in [1.165, 1.54) is 0 Å². The summed E-state index contributed by atoms with van der Waals surface area (Å²) >= 11 is 0. The van der Waals surface area contributed by atoms with Crippen LogP contribution in [0.25, 0.3) is 0 Å². The van der Waals surface area contributed by atoms with Gasteiger partial charge in [-0.2, -0.15) is 0 Å². The summed E-state index contributed by atoms with van der Waals surface area (Å²) in [6.07, 6.45) is 4.75. The van der Waals surface area contributed by atoms with E-state index >= 15 is 0 Å². The summed E-state index contributed by atoms with van der Waals surface area (Å²) in [7, 11) is 0. The second-order valence-electron chi connectivity index (χ2n) is 6.21. The molecule has 2 aliphatic heterocycles. The van der Waals surface area contributed by atoms with Crippen molar-refractivity contribution in [2.45, 2.75) is 25.0 Å². The van der Waals surface area contributed by atoms with E-state index in [1.807, 2.05) is 24.3 Å². The summed E-state index contributed by atoms with van der Waals surface area (Å²) < 4.78 is 11.4. The van der Waals surface area contributed by atoms with Gasteiger partial charge in [0.2, 0.25) is 12.1 Å². The van der Waals surface area contributed by atoms with Crippen LogP contribution in [0.2, 0.25) is 0 Å². The third-order valence-corrected chi connectivity index (χ3v) is 4.40. The first-order valence-electron chi connectivity index (χ1n) is 8.50. The maximum Gasteiger partial charge on any atom is 0.264 e. The highest BCUT2D eigenvalue weighted by Gasteiger charge is 2.30. The van der Waals surface area contributed by atoms with Crippen LogP contribution in [0, 0.1) is 0 Å². The molecule has 3 heterocycles. The van der Waals surface area contributed by atoms with Gasteiger partial charge in [0.05, 0.1) is 0 Å². The van der Waals surface area contributed by atoms with Crippen LogP contribution in [0.5, 0.6) is 11.5 Å². The van der Waals surface area contributed by atoms with E-state index in [0.29, 0.717) is 24.0 Å². The Hall–Kier alpha value is -2.83. The first kappa shape index (κ1) is 15.7. The molecule has 0 aliphatic carbocycles. The minimum atomic E-state index is -0.627. The molecule has 2 atom stereocenters. The second kappa shape index (κ2) is 6.96. The highest BCUT2D eigenvalue weighted by Crippen LogP contribution is 2.31. The number of amides is 1. The Morgan fingerprint density at radius 3 is 2.80 bits per heavy atom. The smallest absolute Gasteiger partial charge is 0.264 e. The number of para-hydroxylation sites is 2. The second-order valence-corrected chi connectivity index (χ2v) is 6.21. The fourth-order valence-electron chi connectivity index (χ4n) is 3.17. The van der Waals surface area contributed by atoms with Crippen molar-refractivity contribution in [2.75, 3.05) is 24.6 Å². The predicted molar refractivity (Wildman–Crippen MR) is 91.8 cm³/mol. The minimum absolute atomic E-state index is 0.0471. The van der Waals surface area contributed by atoms with Crippen LogP contribution in [-0.2, 0) is 4.79 Å². The van der Waals surface area contributed by atoms with Gasteiger partial charge in [-0.15, -0.1) is 0 Å². The summed E-state index contributed by atoms with van der Waals surface area (Å²) in [6, 6.07) is 9.23. The Kier molecular flexibility index (Phi) is 4.37. The standard InChI is InChI=1S/C18H20N4O3/c23-17(16-12-24-14-6-1-2-7-15(14)25-16)21-13-5-3-10-22(11-13)18-19-8-4-9-20-18/h1-2,4,6-9,13,16H,3,5,10-12H2,(H,21,23)/t13-,16-/m1/s1. The molecule has 1 amide bonds. The molecule has 0 spiro atoms. The molecule has 0 saturated carbocycles. The zero-order chi connectivity index (χ0) is 17.1. The van der Waals surface area contributed by atoms with Gasteiger partial charge in [-0.25, -0.2) is 9.97 Å². The molecule has 7 heteroatoms. The summed E-state index contributed by atoms with van der Waals surface area (Å²) in [6.45, 7) is 1.81. The molecule has 0 bridgehead atoms. The summed E-state index contributed by atoms with van der Waals surface area (Å²) in [5.74, 6) is 1.84. The third kappa shape index (κ3) is 3.50. The Labute approximate surface area is 146 Å². The lowest BCUT2D eigenvalue weighted by Crippen LogP contribution is -2.53. The molecule has 2 aromatic rings. The SMILES string of the molecule is O=C(N[C@@H]1CCCN(c2ncccn2)C1)[C@H]1COc2ccccc2O1. The lowest BCUT2D eigenvalue weighted by Gasteiger charge is -2.34. The number of hydrogen-bond acceptors (Lipinski definition) is 6. The van der Waals surface area contributed by atoms with E-state index in [0.717, 1.165) is 19.4 Å². The predicted octanol–water partition coefficient (Wildman–Crippen LogP) is 1.40. The number of hydrogen-bond donors (Lipinski definition) is 1. The molecule has 4 rings (SSSR count). The fraction of sp³-hybridized carbons (Fsp3) is 0.389. The number of aromatic nitrogens is 2. The number of anilines is 1. The largest absolute Gasteiger partial charge is 0.485 e. The number of carbonyl (C=O) groups excluding carboxylic acids is 1. The van der Waals surface area contributed by atoms with Crippen LogP contribution >= 0.6 is 0 Å². The van der Waals surface area contributed by atoms with Crippen molar-refractivity contribution in [2.24, 2.45) is 0 Å². The summed E-state index contributed by atoms with van der Waals surface area (Å²) in [5, 5.41) is 3.08. The normalized spacial score (nSPS) is 22.3. The maximum atomic E-state index is 12.6. The maximum absolute atomic E-state index is 12.6. The first-order valence-corrected chi connectivity index (χ1v) is 8.50. The molecule has 130 valence electrons. The summed E-state index contributed by atoms with van der Waals surface area (Å²) in [4.78, 5) is 23.2. The van der Waals surface area contributed by atoms with E-state index < -0.39 is 6.10 Å². The Bertz CT molecular complexity index is 740. The van der Waals surface area contributed by atoms with E-state index in [2.05, 4.69) is 20.2 Å². The van der Waals surface area contributed by atoms with Crippen molar-refractivity contribution >= 4 is 11.9 Å². The van der Waals surface area contributed by atoms with E-state index in [9.17, 15) is 4.79 Å². The van der Waals surface area contributed by atoms with Crippen molar-refractivity contribution in [3.63, 3.8) is 0 Å². The number of nitrogens with zero attached hydrogens (tertiary/aromatic N) is 3. The molecule has 1 aromatic carbocycles. The number of benzene rings is 1. The van der Waals surface area contributed by atoms with Crippen LogP contribution in [-0.4, -0.2) is 47.7 Å². The van der Waals surface area contributed by atoms with Gasteiger partial charge in [0.1, 0.15) is 6.61 Å². The van der Waals surface area contributed by atoms with Crippen molar-refractivity contribution in [1.82, 2.24) is 15.3 Å². The molecule has 2 aliphatic rings. The van der Waals surface area contributed by atoms with E-state index in [4.69, 9.17) is 9.47 Å². The number of ether oxygens (including phenoxy) is 2. The van der Waals surface area contributed by atoms with E-state index in [-0.39, 0.29) is 18.6 Å². The quantitative estimate of drug-likeness (QED) is 0.910. The van der Waals surface area contributed by atoms with Gasteiger partial charge in [-0.05, 0) is 31.0 Å². The van der Waals surface area contributed by atoms with Crippen molar-refractivity contribution in [3.8, 4) is 11.5 Å². The number of fused-ring (bicyclic) bond motifs is 1. The molecular formula is C18H20N4O3. The lowest BCUT2D eigenvalue weighted by atomic mass is 10.1. The van der Waals surface area contributed by atoms with Crippen LogP contribution in [0.3, 0.4) is 0 Å². The Morgan fingerprint density at radius 1 is 1.16 bits per heavy atom. The van der Waals surface area contributed by atoms with Crippen LogP contribution in [0.1, 0.15) is 12.8 Å². The number of nitrogens with one attached hydrogen (secondary N) is 1. The molecular weight excluding hydrogens is 320 g/mol. The highest BCUT2D eigenvalue weighted by molar-refractivity contribution is 5.82. The Morgan fingerprint density at radius 2 is 1.96 bits per heavy atom. The van der Waals surface area contributed by atoms with Gasteiger partial charge >= 0.3 is 0 Å². The average molecular weight is 340 g/mol. The third-order valence-electron chi connectivity index (χ3n) is 4.40. The first-order chi connectivity index (χ1) is 12.3. The van der Waals surface area contributed by atoms with Crippen LogP contribution in [0.15, 0.2) is 42.7 Å². The molecule has 1 aromatic heterocycles. The highest BCUT2D eigenvalue weighted by atomic mass is 16.6. The molecule has 1 saturated heterocycles. The average Bonchev–Trinajstić information content (AvgIpc) is 2.68. The van der Waals surface area contributed by atoms with Gasteiger partial charge in [0.15, 0.2) is 11.5 Å². The topological polar surface area (TPSA) is 76.6 Å². The van der Waals surface area contributed by atoms with E-state index in [1.54, 1.807) is 18.5 Å². The number of piperidine rings is 1. The van der Waals surface area contributed by atoms with Gasteiger partial charge in [0.25, 0.3) is 5.91 Å². The van der Waals surface area contributed by atoms with Crippen molar-refractivity contribution in [3.05, 3.63) is 42.7 Å². The lowest BCUT2D eigenvalue weighted by molar-refractivity contribution is -0.131. The molecule has 25 heavy (non-hydrogen) atoms. The van der Waals surface area contributed by atoms with Crippen LogP contribution in [0.4, 0.5) is 5.95 Å². The molecule has 1 N–H and O–H groups in total. The zero-order valence-corrected chi connectivity index (χ0v) is 13.8. The van der Waals surface area contributed by atoms with Crippen molar-refractivity contribution < 1.29 is 14.3 Å². The zero-order valence-electron chi connectivity index (χ0n) is 13.8. The minimum Gasteiger partial charge on any atom is -0.485 e. The van der Waals surface area contributed by atoms with Gasteiger partial charge in [-0.1, -0.05) is 12.1 Å². The number of carbonyl (C=O) groups is 1. The molecule has 1 fully saturated rings. The molecule has 0 unspecified atom stereocenters. The number of rotatable bonds is 3. The molecule has 7 nitrogen and oxygen atoms in total. The monoisotopic (exact) mass is 340 g/mol. The van der Waals surface area contributed by atoms with Gasteiger partial charge in [0, 0.05) is 31.5 Å². The molecule has 0 radical (unpaired) electrons. The van der Waals surface area contributed by atoms with Gasteiger partial charge in [-0.3, -0.25) is 4.79 Å².